The van der Waals surface area contributed by atoms with E-state index in [0.717, 1.165) is 14.3 Å². The molecule has 0 N–H and O–H groups in total. The predicted octanol–water partition coefficient (Wildman–Crippen LogP) is 2.85. The van der Waals surface area contributed by atoms with Crippen molar-refractivity contribution in [1.82, 2.24) is 14.5 Å². The van der Waals surface area contributed by atoms with E-state index in [1.165, 1.54) is 0 Å². The Morgan fingerprint density at radius 3 is 2.67 bits per heavy atom. The van der Waals surface area contributed by atoms with Crippen molar-refractivity contribution in [3.8, 4) is 5.13 Å². The number of halogens is 2. The molecule has 0 unspecified atom stereocenters. The van der Waals surface area contributed by atoms with Gasteiger partial charge in [0.1, 0.15) is 15.5 Å². The second-order valence-electron chi connectivity index (χ2n) is 2.06. The van der Waals surface area contributed by atoms with E-state index in [2.05, 4.69) is 41.8 Å². The highest BCUT2D eigenvalue weighted by Gasteiger charge is 2.02. The van der Waals surface area contributed by atoms with Gasteiger partial charge in [0.2, 0.25) is 0 Å². The van der Waals surface area contributed by atoms with Gasteiger partial charge >= 0.3 is 0 Å². The molecule has 2 heterocycles. The maximum Gasteiger partial charge on any atom is 0.195 e. The van der Waals surface area contributed by atoms with Crippen LogP contribution < -0.4 is 0 Å². The Bertz CT molecular complexity index is 357. The van der Waals surface area contributed by atoms with Crippen LogP contribution in [-0.2, 0) is 0 Å². The topological polar surface area (TPSA) is 30.7 Å². The third kappa shape index (κ3) is 1.60. The van der Waals surface area contributed by atoms with Gasteiger partial charge in [0, 0.05) is 11.6 Å². The molecule has 0 atom stereocenters. The summed E-state index contributed by atoms with van der Waals surface area (Å²) in [5.74, 6) is 0. The fourth-order valence-corrected chi connectivity index (χ4v) is 2.27. The molecule has 2 aromatic heterocycles. The van der Waals surface area contributed by atoms with Gasteiger partial charge in [-0.25, -0.2) is 9.97 Å². The second-order valence-corrected chi connectivity index (χ2v) is 4.52. The predicted molar refractivity (Wildman–Crippen MR) is 54.6 cm³/mol. The lowest BCUT2D eigenvalue weighted by Gasteiger charge is -1.90. The van der Waals surface area contributed by atoms with E-state index in [1.54, 1.807) is 17.7 Å². The Kier molecular flexibility index (Phi) is 2.29. The molecule has 0 aromatic carbocycles. The van der Waals surface area contributed by atoms with E-state index < -0.39 is 0 Å². The Labute approximate surface area is 89.7 Å². The van der Waals surface area contributed by atoms with Crippen molar-refractivity contribution in [3.05, 3.63) is 27.1 Å². The van der Waals surface area contributed by atoms with Gasteiger partial charge < -0.3 is 0 Å². The zero-order chi connectivity index (χ0) is 8.55. The van der Waals surface area contributed by atoms with Gasteiger partial charge in [-0.3, -0.25) is 4.57 Å². The zero-order valence-electron chi connectivity index (χ0n) is 5.74. The number of thiazole rings is 1. The van der Waals surface area contributed by atoms with Crippen molar-refractivity contribution < 1.29 is 0 Å². The molecule has 6 heteroatoms. The minimum atomic E-state index is 0.814. The molecule has 0 aliphatic carbocycles. The molecule has 0 radical (unpaired) electrons. The van der Waals surface area contributed by atoms with Crippen molar-refractivity contribution in [2.45, 2.75) is 0 Å². The maximum atomic E-state index is 4.23. The van der Waals surface area contributed by atoms with Crippen LogP contribution in [0, 0.1) is 0 Å². The van der Waals surface area contributed by atoms with Gasteiger partial charge in [-0.1, -0.05) is 0 Å². The van der Waals surface area contributed by atoms with Crippen molar-refractivity contribution in [2.75, 3.05) is 0 Å². The standard InChI is InChI=1S/C6H3Br2N3S/c7-4-1-11(3-9-4)6-10-5(8)2-12-6/h1-3H. The fourth-order valence-electron chi connectivity index (χ4n) is 0.767. The van der Waals surface area contributed by atoms with E-state index in [-0.39, 0.29) is 0 Å². The van der Waals surface area contributed by atoms with Crippen molar-refractivity contribution in [2.24, 2.45) is 0 Å². The van der Waals surface area contributed by atoms with Crippen LogP contribution in [0.3, 0.4) is 0 Å². The zero-order valence-corrected chi connectivity index (χ0v) is 9.73. The molecule has 0 spiro atoms. The van der Waals surface area contributed by atoms with E-state index in [1.807, 2.05) is 16.1 Å². The first-order valence-corrected chi connectivity index (χ1v) is 5.53. The van der Waals surface area contributed by atoms with Gasteiger partial charge in [0.05, 0.1) is 0 Å². The van der Waals surface area contributed by atoms with E-state index in [9.17, 15) is 0 Å². The molecule has 0 fully saturated rings. The van der Waals surface area contributed by atoms with Crippen molar-refractivity contribution in [3.63, 3.8) is 0 Å². The van der Waals surface area contributed by atoms with Crippen LogP contribution in [0.2, 0.25) is 0 Å². The molecule has 0 saturated carbocycles. The number of imidazole rings is 1. The average Bonchev–Trinajstić information content (AvgIpc) is 2.58. The molecule has 0 amide bonds. The number of rotatable bonds is 1. The first-order chi connectivity index (χ1) is 5.75. The summed E-state index contributed by atoms with van der Waals surface area (Å²) in [5.41, 5.74) is 0. The largest absolute Gasteiger partial charge is 0.281 e. The van der Waals surface area contributed by atoms with Crippen LogP contribution in [0.5, 0.6) is 0 Å². The third-order valence-electron chi connectivity index (χ3n) is 1.24. The van der Waals surface area contributed by atoms with Gasteiger partial charge in [0.25, 0.3) is 0 Å². The lowest BCUT2D eigenvalue weighted by atomic mass is 10.9. The fraction of sp³-hybridized carbons (Fsp3) is 0. The smallest absolute Gasteiger partial charge is 0.195 e. The Morgan fingerprint density at radius 1 is 1.33 bits per heavy atom. The van der Waals surface area contributed by atoms with Crippen LogP contribution in [0.4, 0.5) is 0 Å². The molecule has 0 saturated heterocycles. The van der Waals surface area contributed by atoms with Crippen molar-refractivity contribution in [1.29, 1.82) is 0 Å². The summed E-state index contributed by atoms with van der Waals surface area (Å²) in [6.07, 6.45) is 3.58. The van der Waals surface area contributed by atoms with Crippen LogP contribution in [0.1, 0.15) is 0 Å². The summed E-state index contributed by atoms with van der Waals surface area (Å²) in [4.78, 5) is 8.26. The SMILES string of the molecule is Brc1cn(-c2nc(Br)cs2)cn1. The first kappa shape index (κ1) is 8.40. The number of aromatic nitrogens is 3. The number of hydrogen-bond acceptors (Lipinski definition) is 3. The lowest BCUT2D eigenvalue weighted by molar-refractivity contribution is 1.03. The minimum absolute atomic E-state index is 0.814. The van der Waals surface area contributed by atoms with Gasteiger partial charge in [0.15, 0.2) is 5.13 Å². The van der Waals surface area contributed by atoms with E-state index >= 15 is 0 Å². The van der Waals surface area contributed by atoms with E-state index in [4.69, 9.17) is 0 Å². The van der Waals surface area contributed by atoms with Crippen LogP contribution in [0.15, 0.2) is 27.1 Å². The van der Waals surface area contributed by atoms with Gasteiger partial charge in [-0.15, -0.1) is 11.3 Å². The summed E-state index contributed by atoms with van der Waals surface area (Å²) < 4.78 is 3.53. The Hall–Kier alpha value is -0.200. The molecule has 12 heavy (non-hydrogen) atoms. The summed E-state index contributed by atoms with van der Waals surface area (Å²) in [5, 5.41) is 2.84. The molecular weight excluding hydrogens is 306 g/mol. The maximum absolute atomic E-state index is 4.23. The molecule has 0 bridgehead atoms. The number of nitrogens with zero attached hydrogens (tertiary/aromatic N) is 3. The summed E-state index contributed by atoms with van der Waals surface area (Å²) in [6.45, 7) is 0. The molecular formula is C6H3Br2N3S. The second kappa shape index (κ2) is 3.27. The normalized spacial score (nSPS) is 10.5. The molecule has 0 aliphatic rings. The van der Waals surface area contributed by atoms with Crippen LogP contribution >= 0.6 is 43.2 Å². The molecule has 0 aliphatic heterocycles. The Balaban J connectivity index is 2.43. The van der Waals surface area contributed by atoms with Crippen molar-refractivity contribution >= 4 is 43.2 Å². The average molecular weight is 309 g/mol. The van der Waals surface area contributed by atoms with Crippen LogP contribution in [0.25, 0.3) is 5.13 Å². The molecule has 62 valence electrons. The number of hydrogen-bond donors (Lipinski definition) is 0. The monoisotopic (exact) mass is 307 g/mol. The third-order valence-corrected chi connectivity index (χ3v) is 3.21. The Morgan fingerprint density at radius 2 is 2.17 bits per heavy atom. The quantitative estimate of drug-likeness (QED) is 0.811. The van der Waals surface area contributed by atoms with Gasteiger partial charge in [-0.05, 0) is 31.9 Å². The highest BCUT2D eigenvalue weighted by molar-refractivity contribution is 9.10. The van der Waals surface area contributed by atoms with E-state index in [0.29, 0.717) is 0 Å². The highest BCUT2D eigenvalue weighted by atomic mass is 79.9. The molecule has 2 rings (SSSR count). The molecule has 3 nitrogen and oxygen atoms in total. The highest BCUT2D eigenvalue weighted by Crippen LogP contribution is 2.19. The summed E-state index contributed by atoms with van der Waals surface area (Å²) in [6, 6.07) is 0. The molecule has 2 aromatic rings. The summed E-state index contributed by atoms with van der Waals surface area (Å²) in [7, 11) is 0. The minimum Gasteiger partial charge on any atom is -0.281 e. The van der Waals surface area contributed by atoms with Crippen LogP contribution in [-0.4, -0.2) is 14.5 Å². The lowest BCUT2D eigenvalue weighted by Crippen LogP contribution is -1.86. The summed E-state index contributed by atoms with van der Waals surface area (Å²) >= 11 is 8.12. The van der Waals surface area contributed by atoms with Gasteiger partial charge in [-0.2, -0.15) is 0 Å². The first-order valence-electron chi connectivity index (χ1n) is 3.06.